The first-order valence-electron chi connectivity index (χ1n) is 4.78. The van der Waals surface area contributed by atoms with Crippen molar-refractivity contribution in [2.24, 2.45) is 0 Å². The van der Waals surface area contributed by atoms with Crippen LogP contribution in [0.25, 0.3) is 0 Å². The topological polar surface area (TPSA) is 85.8 Å². The Hall–Kier alpha value is -1.50. The molecular weight excluding hydrogens is 226 g/mol. The molecule has 1 amide bonds. The number of nitrogens with two attached hydrogens (primary N) is 1. The minimum atomic E-state index is -0.272. The van der Waals surface area contributed by atoms with Gasteiger partial charge in [0.05, 0.1) is 5.25 Å². The van der Waals surface area contributed by atoms with Crippen LogP contribution in [0, 0.1) is 6.92 Å². The van der Waals surface area contributed by atoms with Crippen molar-refractivity contribution in [2.75, 3.05) is 12.4 Å². The number of hydrogen-bond acceptors (Lipinski definition) is 5. The molecule has 0 radical (unpaired) electrons. The Morgan fingerprint density at radius 2 is 2.44 bits per heavy atom. The van der Waals surface area contributed by atoms with Crippen LogP contribution >= 0.6 is 11.8 Å². The first kappa shape index (κ1) is 12.6. The fraction of sp³-hybridized carbons (Fsp3) is 0.444. The zero-order valence-corrected chi connectivity index (χ0v) is 10.1. The molecule has 0 spiro atoms. The number of nitrogens with one attached hydrogen (secondary N) is 1. The molecule has 0 aliphatic heterocycles. The average Bonchev–Trinajstić information content (AvgIpc) is 2.57. The molecular formula is C9H15N5OS. The van der Waals surface area contributed by atoms with E-state index in [1.807, 2.05) is 0 Å². The van der Waals surface area contributed by atoms with Crippen LogP contribution in [0.1, 0.15) is 12.7 Å². The van der Waals surface area contributed by atoms with E-state index in [9.17, 15) is 4.79 Å². The van der Waals surface area contributed by atoms with Gasteiger partial charge in [-0.3, -0.25) is 4.79 Å². The molecule has 1 rings (SSSR count). The number of nitrogens with zero attached hydrogens (tertiary/aromatic N) is 3. The lowest BCUT2D eigenvalue weighted by molar-refractivity contribution is -0.120. The standard InChI is InChI=1S/C9H15N5OS/c1-4-5-11-8(15)6(2)16-9-13-12-7(3)14(9)10/h4,6H,1,5,10H2,2-3H3,(H,11,15). The largest absolute Gasteiger partial charge is 0.352 e. The normalized spacial score (nSPS) is 12.1. The molecule has 6 nitrogen and oxygen atoms in total. The Morgan fingerprint density at radius 3 is 2.94 bits per heavy atom. The van der Waals surface area contributed by atoms with Crippen LogP contribution in [0.15, 0.2) is 17.8 Å². The van der Waals surface area contributed by atoms with Crippen LogP contribution in [0.3, 0.4) is 0 Å². The summed E-state index contributed by atoms with van der Waals surface area (Å²) < 4.78 is 1.36. The number of aromatic nitrogens is 3. The van der Waals surface area contributed by atoms with Gasteiger partial charge in [-0.05, 0) is 13.8 Å². The Labute approximate surface area is 98.3 Å². The second kappa shape index (κ2) is 5.55. The molecule has 0 aliphatic rings. The third-order valence-electron chi connectivity index (χ3n) is 1.91. The number of nitrogen functional groups attached to an aromatic ring is 1. The Kier molecular flexibility index (Phi) is 4.36. The molecule has 0 bridgehead atoms. The molecule has 1 aromatic rings. The van der Waals surface area contributed by atoms with Crippen molar-refractivity contribution < 1.29 is 4.79 Å². The molecule has 7 heteroatoms. The maximum Gasteiger partial charge on any atom is 0.233 e. The van der Waals surface area contributed by atoms with E-state index >= 15 is 0 Å². The third kappa shape index (κ3) is 2.99. The summed E-state index contributed by atoms with van der Waals surface area (Å²) in [5, 5.41) is 10.6. The van der Waals surface area contributed by atoms with Crippen LogP contribution in [0.5, 0.6) is 0 Å². The minimum absolute atomic E-state index is 0.0782. The Balaban J connectivity index is 2.57. The van der Waals surface area contributed by atoms with Gasteiger partial charge < -0.3 is 11.2 Å². The Morgan fingerprint density at radius 1 is 1.75 bits per heavy atom. The van der Waals surface area contributed by atoms with Crippen molar-refractivity contribution in [3.8, 4) is 0 Å². The van der Waals surface area contributed by atoms with Crippen molar-refractivity contribution >= 4 is 17.7 Å². The van der Waals surface area contributed by atoms with Crippen LogP contribution in [-0.4, -0.2) is 32.6 Å². The monoisotopic (exact) mass is 241 g/mol. The first-order chi connectivity index (χ1) is 7.56. The van der Waals surface area contributed by atoms with Gasteiger partial charge in [0.2, 0.25) is 11.1 Å². The maximum atomic E-state index is 11.5. The smallest absolute Gasteiger partial charge is 0.233 e. The summed E-state index contributed by atoms with van der Waals surface area (Å²) in [5.74, 6) is 6.21. The highest BCUT2D eigenvalue weighted by molar-refractivity contribution is 8.00. The number of carbonyl (C=O) groups excluding carboxylic acids is 1. The van der Waals surface area contributed by atoms with E-state index in [1.54, 1.807) is 19.9 Å². The lowest BCUT2D eigenvalue weighted by atomic mass is 10.4. The summed E-state index contributed by atoms with van der Waals surface area (Å²) >= 11 is 1.27. The van der Waals surface area contributed by atoms with Crippen LogP contribution in [0.2, 0.25) is 0 Å². The predicted octanol–water partition coefficient (Wildman–Crippen LogP) is 0.0831. The van der Waals surface area contributed by atoms with E-state index in [2.05, 4.69) is 22.1 Å². The van der Waals surface area contributed by atoms with E-state index in [0.717, 1.165) is 0 Å². The summed E-state index contributed by atoms with van der Waals surface area (Å²) in [4.78, 5) is 11.5. The quantitative estimate of drug-likeness (QED) is 0.433. The highest BCUT2D eigenvalue weighted by Gasteiger charge is 2.17. The van der Waals surface area contributed by atoms with E-state index in [1.165, 1.54) is 16.4 Å². The summed E-state index contributed by atoms with van der Waals surface area (Å²) in [6.07, 6.45) is 1.63. The summed E-state index contributed by atoms with van der Waals surface area (Å²) in [6.45, 7) is 7.52. The molecule has 0 aromatic carbocycles. The van der Waals surface area contributed by atoms with Gasteiger partial charge in [-0.15, -0.1) is 16.8 Å². The molecule has 1 aromatic heterocycles. The second-order valence-corrected chi connectivity index (χ2v) is 4.50. The van der Waals surface area contributed by atoms with Gasteiger partial charge in [0, 0.05) is 6.54 Å². The second-order valence-electron chi connectivity index (χ2n) is 3.19. The van der Waals surface area contributed by atoms with Gasteiger partial charge in [0.15, 0.2) is 0 Å². The van der Waals surface area contributed by atoms with Gasteiger partial charge in [0.1, 0.15) is 5.82 Å². The number of carbonyl (C=O) groups is 1. The van der Waals surface area contributed by atoms with E-state index < -0.39 is 0 Å². The Bertz CT molecular complexity index is 389. The number of amides is 1. The summed E-state index contributed by atoms with van der Waals surface area (Å²) in [7, 11) is 0. The fourth-order valence-electron chi connectivity index (χ4n) is 0.958. The van der Waals surface area contributed by atoms with Gasteiger partial charge >= 0.3 is 0 Å². The van der Waals surface area contributed by atoms with Crippen LogP contribution in [0.4, 0.5) is 0 Å². The molecule has 3 N–H and O–H groups in total. The summed E-state index contributed by atoms with van der Waals surface area (Å²) in [5.41, 5.74) is 0. The zero-order valence-electron chi connectivity index (χ0n) is 9.30. The molecule has 1 unspecified atom stereocenters. The molecule has 88 valence electrons. The van der Waals surface area contributed by atoms with Gasteiger partial charge in [0.25, 0.3) is 0 Å². The van der Waals surface area contributed by atoms with Gasteiger partial charge in [-0.1, -0.05) is 17.8 Å². The highest BCUT2D eigenvalue weighted by Crippen LogP contribution is 2.20. The summed E-state index contributed by atoms with van der Waals surface area (Å²) in [6, 6.07) is 0. The van der Waals surface area contributed by atoms with Gasteiger partial charge in [-0.2, -0.15) is 0 Å². The first-order valence-corrected chi connectivity index (χ1v) is 5.66. The van der Waals surface area contributed by atoms with Crippen molar-refractivity contribution in [1.29, 1.82) is 0 Å². The average molecular weight is 241 g/mol. The van der Waals surface area contributed by atoms with Crippen LogP contribution < -0.4 is 11.2 Å². The number of thioether (sulfide) groups is 1. The molecule has 1 atom stereocenters. The zero-order chi connectivity index (χ0) is 12.1. The molecule has 0 saturated carbocycles. The third-order valence-corrected chi connectivity index (χ3v) is 2.96. The number of hydrogen-bond donors (Lipinski definition) is 2. The van der Waals surface area contributed by atoms with E-state index in [0.29, 0.717) is 17.5 Å². The number of aryl methyl sites for hydroxylation is 1. The highest BCUT2D eigenvalue weighted by atomic mass is 32.2. The van der Waals surface area contributed by atoms with Crippen molar-refractivity contribution in [3.05, 3.63) is 18.5 Å². The lowest BCUT2D eigenvalue weighted by Crippen LogP contribution is -2.31. The fourth-order valence-corrected chi connectivity index (χ4v) is 1.80. The molecule has 0 fully saturated rings. The molecule has 16 heavy (non-hydrogen) atoms. The SMILES string of the molecule is C=CCNC(=O)C(C)Sc1nnc(C)n1N. The molecule has 0 saturated heterocycles. The van der Waals surface area contributed by atoms with Crippen LogP contribution in [-0.2, 0) is 4.79 Å². The predicted molar refractivity (Wildman–Crippen MR) is 63.4 cm³/mol. The van der Waals surface area contributed by atoms with Gasteiger partial charge in [-0.25, -0.2) is 4.68 Å². The minimum Gasteiger partial charge on any atom is -0.352 e. The van der Waals surface area contributed by atoms with Crippen molar-refractivity contribution in [3.63, 3.8) is 0 Å². The van der Waals surface area contributed by atoms with Crippen molar-refractivity contribution in [2.45, 2.75) is 24.3 Å². The number of rotatable bonds is 5. The van der Waals surface area contributed by atoms with Crippen molar-refractivity contribution in [1.82, 2.24) is 20.2 Å². The maximum absolute atomic E-state index is 11.5. The van der Waals surface area contributed by atoms with E-state index in [-0.39, 0.29) is 11.2 Å². The molecule has 1 heterocycles. The van der Waals surface area contributed by atoms with E-state index in [4.69, 9.17) is 5.84 Å². The molecule has 0 aliphatic carbocycles. The lowest BCUT2D eigenvalue weighted by Gasteiger charge is -2.09.